The lowest BCUT2D eigenvalue weighted by molar-refractivity contribution is -0.460. The summed E-state index contributed by atoms with van der Waals surface area (Å²) in [5, 5.41) is 0.115. The van der Waals surface area contributed by atoms with E-state index in [0.29, 0.717) is 0 Å². The van der Waals surface area contributed by atoms with Crippen molar-refractivity contribution in [2.75, 3.05) is 13.2 Å². The van der Waals surface area contributed by atoms with Gasteiger partial charge in [0.15, 0.2) is 0 Å². The maximum atomic E-state index is 13.7. The van der Waals surface area contributed by atoms with Crippen molar-refractivity contribution in [1.82, 2.24) is 9.55 Å². The lowest BCUT2D eigenvalue weighted by Crippen LogP contribution is -2.72. The second-order valence-electron chi connectivity index (χ2n) is 5.25. The van der Waals surface area contributed by atoms with E-state index in [9.17, 15) is 13.6 Å². The van der Waals surface area contributed by atoms with E-state index in [-0.39, 0.29) is 18.4 Å². The molecular formula is C13H14F2N2O5S. The van der Waals surface area contributed by atoms with E-state index in [1.165, 1.54) is 24.0 Å². The van der Waals surface area contributed by atoms with Gasteiger partial charge in [0.1, 0.15) is 25.1 Å². The first-order valence-electron chi connectivity index (χ1n) is 6.86. The third-order valence-corrected chi connectivity index (χ3v) is 4.02. The van der Waals surface area contributed by atoms with E-state index in [4.69, 9.17) is 31.2 Å². The van der Waals surface area contributed by atoms with Crippen LogP contribution in [0.25, 0.3) is 0 Å². The van der Waals surface area contributed by atoms with Gasteiger partial charge in [0.05, 0.1) is 12.5 Å². The zero-order valence-electron chi connectivity index (χ0n) is 12.1. The third kappa shape index (κ3) is 3.06. The van der Waals surface area contributed by atoms with Gasteiger partial charge in [0, 0.05) is 19.3 Å². The van der Waals surface area contributed by atoms with Crippen molar-refractivity contribution < 1.29 is 32.5 Å². The number of hydrogen-bond acceptors (Lipinski definition) is 7. The topological polar surface area (TPSA) is 71.8 Å². The fourth-order valence-electron chi connectivity index (χ4n) is 2.51. The maximum absolute atomic E-state index is 13.7. The third-order valence-electron chi connectivity index (χ3n) is 3.69. The molecule has 4 rings (SSSR count). The SMILES string of the molecule is CC(=O)OC[C@@H]1[C@@H](COC(=S)n2ccnc2)O[C@H]2O[C@@H]1C2(F)F. The molecule has 3 fully saturated rings. The molecule has 0 spiro atoms. The highest BCUT2D eigenvalue weighted by Gasteiger charge is 2.69. The Balaban J connectivity index is 1.62. The molecule has 0 aliphatic carbocycles. The second kappa shape index (κ2) is 6.10. The Morgan fingerprint density at radius 2 is 2.17 bits per heavy atom. The molecule has 3 saturated heterocycles. The van der Waals surface area contributed by atoms with Gasteiger partial charge < -0.3 is 18.9 Å². The lowest BCUT2D eigenvalue weighted by atomic mass is 9.85. The first-order chi connectivity index (χ1) is 10.9. The van der Waals surface area contributed by atoms with Gasteiger partial charge in [-0.1, -0.05) is 0 Å². The maximum Gasteiger partial charge on any atom is 0.323 e. The normalized spacial score (nSPS) is 31.1. The van der Waals surface area contributed by atoms with Crippen LogP contribution in [0.4, 0.5) is 8.78 Å². The molecule has 4 atom stereocenters. The Morgan fingerprint density at radius 3 is 2.78 bits per heavy atom. The highest BCUT2D eigenvalue weighted by Crippen LogP contribution is 2.49. The number of nitrogens with zero attached hydrogens (tertiary/aromatic N) is 2. The Kier molecular flexibility index (Phi) is 4.30. The number of esters is 1. The summed E-state index contributed by atoms with van der Waals surface area (Å²) >= 11 is 5.05. The summed E-state index contributed by atoms with van der Waals surface area (Å²) in [4.78, 5) is 14.8. The molecule has 0 radical (unpaired) electrons. The Bertz CT molecular complexity index is 597. The molecule has 4 heterocycles. The standard InChI is InChI=1S/C13H14F2N2O5S/c1-7(18)19-4-8-9(21-11-13(14,15)10(8)22-11)5-20-12(23)17-3-2-16-6-17/h2-3,6,8-11H,4-5H2,1H3/t8-,9-,10+,11+/m1/s1. The van der Waals surface area contributed by atoms with Gasteiger partial charge in [-0.05, 0) is 12.2 Å². The molecule has 0 aromatic carbocycles. The van der Waals surface area contributed by atoms with Gasteiger partial charge >= 0.3 is 11.9 Å². The van der Waals surface area contributed by atoms with Crippen LogP contribution in [0.1, 0.15) is 6.92 Å². The van der Waals surface area contributed by atoms with Crippen LogP contribution >= 0.6 is 12.2 Å². The van der Waals surface area contributed by atoms with Crippen LogP contribution in [0.5, 0.6) is 0 Å². The number of carbonyl (C=O) groups is 1. The predicted molar refractivity (Wildman–Crippen MR) is 74.8 cm³/mol. The Labute approximate surface area is 135 Å². The predicted octanol–water partition coefficient (Wildman–Crippen LogP) is 0.971. The van der Waals surface area contributed by atoms with Crippen LogP contribution in [0.2, 0.25) is 0 Å². The molecule has 3 aliphatic rings. The molecule has 126 valence electrons. The minimum absolute atomic E-state index is 0.0601. The van der Waals surface area contributed by atoms with E-state index in [0.717, 1.165) is 0 Å². The van der Waals surface area contributed by atoms with Crippen LogP contribution in [0.15, 0.2) is 18.7 Å². The minimum atomic E-state index is -3.10. The number of aromatic nitrogens is 2. The monoisotopic (exact) mass is 348 g/mol. The summed E-state index contributed by atoms with van der Waals surface area (Å²) in [6.07, 6.45) is 0.885. The van der Waals surface area contributed by atoms with Crippen LogP contribution in [-0.2, 0) is 23.7 Å². The average Bonchev–Trinajstić information content (AvgIpc) is 3.04. The van der Waals surface area contributed by atoms with Crippen molar-refractivity contribution in [3.8, 4) is 0 Å². The molecule has 10 heteroatoms. The van der Waals surface area contributed by atoms with E-state index < -0.39 is 36.3 Å². The minimum Gasteiger partial charge on any atom is -0.468 e. The number of ether oxygens (including phenoxy) is 4. The zero-order valence-corrected chi connectivity index (χ0v) is 12.9. The van der Waals surface area contributed by atoms with Crippen molar-refractivity contribution in [2.45, 2.75) is 31.3 Å². The van der Waals surface area contributed by atoms with Gasteiger partial charge in [-0.15, -0.1) is 0 Å². The lowest BCUT2D eigenvalue weighted by Gasteiger charge is -2.54. The molecule has 7 nitrogen and oxygen atoms in total. The highest BCUT2D eigenvalue weighted by atomic mass is 32.1. The van der Waals surface area contributed by atoms with Crippen molar-refractivity contribution in [1.29, 1.82) is 0 Å². The van der Waals surface area contributed by atoms with Gasteiger partial charge in [0.25, 0.3) is 5.17 Å². The molecule has 2 bridgehead atoms. The van der Waals surface area contributed by atoms with Crippen LogP contribution in [0, 0.1) is 5.92 Å². The first kappa shape index (κ1) is 16.2. The van der Waals surface area contributed by atoms with E-state index >= 15 is 0 Å². The van der Waals surface area contributed by atoms with Crippen molar-refractivity contribution in [3.63, 3.8) is 0 Å². The molecule has 0 saturated carbocycles. The molecule has 1 aromatic rings. The smallest absolute Gasteiger partial charge is 0.323 e. The molecule has 1 aromatic heterocycles. The largest absolute Gasteiger partial charge is 0.468 e. The van der Waals surface area contributed by atoms with Crippen molar-refractivity contribution >= 4 is 23.4 Å². The Hall–Kier alpha value is -1.65. The quantitative estimate of drug-likeness (QED) is 0.593. The fraction of sp³-hybridized carbons (Fsp3) is 0.615. The summed E-state index contributed by atoms with van der Waals surface area (Å²) < 4.78 is 49.4. The second-order valence-corrected chi connectivity index (χ2v) is 5.60. The Morgan fingerprint density at radius 1 is 1.39 bits per heavy atom. The average molecular weight is 348 g/mol. The van der Waals surface area contributed by atoms with E-state index in [1.54, 1.807) is 6.20 Å². The van der Waals surface area contributed by atoms with Crippen LogP contribution in [-0.4, -0.2) is 58.3 Å². The number of hydrogen-bond donors (Lipinski definition) is 0. The molecule has 0 N–H and O–H groups in total. The number of alkyl halides is 2. The van der Waals surface area contributed by atoms with Gasteiger partial charge in [-0.25, -0.2) is 4.98 Å². The van der Waals surface area contributed by atoms with Gasteiger partial charge in [-0.3, -0.25) is 9.36 Å². The van der Waals surface area contributed by atoms with Gasteiger partial charge in [0.2, 0.25) is 6.29 Å². The summed E-state index contributed by atoms with van der Waals surface area (Å²) in [5.74, 6) is -4.51. The zero-order chi connectivity index (χ0) is 16.6. The number of fused-ring (bicyclic) bond motifs is 2. The van der Waals surface area contributed by atoms with E-state index in [2.05, 4.69) is 4.98 Å². The molecule has 23 heavy (non-hydrogen) atoms. The highest BCUT2D eigenvalue weighted by molar-refractivity contribution is 7.80. The summed E-state index contributed by atoms with van der Waals surface area (Å²) in [6.45, 7) is 0.898. The van der Waals surface area contributed by atoms with E-state index in [1.807, 2.05) is 0 Å². The molecule has 3 aliphatic heterocycles. The number of rotatable bonds is 4. The summed E-state index contributed by atoms with van der Waals surface area (Å²) in [6, 6.07) is 0. The number of carbonyl (C=O) groups excluding carboxylic acids is 1. The number of imidazole rings is 1. The number of halogens is 2. The van der Waals surface area contributed by atoms with Crippen molar-refractivity contribution in [3.05, 3.63) is 18.7 Å². The van der Waals surface area contributed by atoms with Crippen LogP contribution < -0.4 is 0 Å². The number of thiocarbonyl (C=S) groups is 1. The fourth-order valence-corrected chi connectivity index (χ4v) is 2.68. The van der Waals surface area contributed by atoms with Gasteiger partial charge in [-0.2, -0.15) is 8.78 Å². The molecule has 0 unspecified atom stereocenters. The molecular weight excluding hydrogens is 334 g/mol. The van der Waals surface area contributed by atoms with Crippen LogP contribution in [0.3, 0.4) is 0 Å². The summed E-state index contributed by atoms with van der Waals surface area (Å²) in [7, 11) is 0. The molecule has 0 amide bonds. The summed E-state index contributed by atoms with van der Waals surface area (Å²) in [5.41, 5.74) is 0. The first-order valence-corrected chi connectivity index (χ1v) is 7.27. The van der Waals surface area contributed by atoms with Crippen molar-refractivity contribution in [2.24, 2.45) is 5.92 Å².